The standard InChI is InChI=1S/C21H22N4O3/c1-15-9-20(23-14-22-15)25(13-16-7-5-4-6-8-16)21(26)24-17-10-18(27-2)12-19(11-17)28-3/h4-12,14H,13H2,1-3H3,(H,24,26). The van der Waals surface area contributed by atoms with Gasteiger partial charge in [0.2, 0.25) is 0 Å². The number of benzene rings is 2. The summed E-state index contributed by atoms with van der Waals surface area (Å²) in [5.41, 5.74) is 2.32. The number of nitrogens with one attached hydrogen (secondary N) is 1. The fourth-order valence-corrected chi connectivity index (χ4v) is 2.68. The first kappa shape index (κ1) is 19.2. The van der Waals surface area contributed by atoms with Gasteiger partial charge in [0.25, 0.3) is 0 Å². The van der Waals surface area contributed by atoms with Crippen molar-refractivity contribution in [2.45, 2.75) is 13.5 Å². The molecule has 0 saturated carbocycles. The van der Waals surface area contributed by atoms with E-state index in [4.69, 9.17) is 9.47 Å². The molecule has 3 aromatic rings. The van der Waals surface area contributed by atoms with Crippen molar-refractivity contribution in [1.29, 1.82) is 0 Å². The number of anilines is 2. The van der Waals surface area contributed by atoms with Gasteiger partial charge in [0.05, 0.1) is 20.8 Å². The van der Waals surface area contributed by atoms with Crippen LogP contribution in [0.4, 0.5) is 16.3 Å². The van der Waals surface area contributed by atoms with Crippen molar-refractivity contribution < 1.29 is 14.3 Å². The molecule has 1 N–H and O–H groups in total. The number of hydrogen-bond acceptors (Lipinski definition) is 5. The first-order valence-electron chi connectivity index (χ1n) is 8.73. The Hall–Kier alpha value is -3.61. The summed E-state index contributed by atoms with van der Waals surface area (Å²) in [5.74, 6) is 1.69. The SMILES string of the molecule is COc1cc(NC(=O)N(Cc2ccccc2)c2cc(C)ncn2)cc(OC)c1. The van der Waals surface area contributed by atoms with Crippen LogP contribution in [0.3, 0.4) is 0 Å². The maximum absolute atomic E-state index is 13.1. The van der Waals surface area contributed by atoms with Crippen molar-refractivity contribution >= 4 is 17.5 Å². The smallest absolute Gasteiger partial charge is 0.327 e. The van der Waals surface area contributed by atoms with Crippen LogP contribution in [0.5, 0.6) is 11.5 Å². The molecule has 0 aliphatic carbocycles. The number of methoxy groups -OCH3 is 2. The molecule has 144 valence electrons. The second kappa shape index (κ2) is 8.85. The van der Waals surface area contributed by atoms with E-state index in [0.717, 1.165) is 11.3 Å². The predicted molar refractivity (Wildman–Crippen MR) is 108 cm³/mol. The number of aromatic nitrogens is 2. The Morgan fingerprint density at radius 3 is 2.29 bits per heavy atom. The van der Waals surface area contributed by atoms with Gasteiger partial charge in [-0.25, -0.2) is 14.8 Å². The van der Waals surface area contributed by atoms with Crippen molar-refractivity contribution in [2.24, 2.45) is 0 Å². The molecular weight excluding hydrogens is 356 g/mol. The highest BCUT2D eigenvalue weighted by molar-refractivity contribution is 6.01. The van der Waals surface area contributed by atoms with E-state index in [1.165, 1.54) is 6.33 Å². The summed E-state index contributed by atoms with van der Waals surface area (Å²) in [6.07, 6.45) is 1.45. The minimum Gasteiger partial charge on any atom is -0.497 e. The highest BCUT2D eigenvalue weighted by Crippen LogP contribution is 2.26. The molecule has 0 bridgehead atoms. The number of carbonyl (C=O) groups excluding carboxylic acids is 1. The van der Waals surface area contributed by atoms with E-state index in [2.05, 4.69) is 15.3 Å². The number of urea groups is 1. The number of carbonyl (C=O) groups is 1. The molecule has 2 aromatic carbocycles. The van der Waals surface area contributed by atoms with Gasteiger partial charge in [0, 0.05) is 35.6 Å². The van der Waals surface area contributed by atoms with Crippen LogP contribution >= 0.6 is 0 Å². The molecule has 1 heterocycles. The fraction of sp³-hybridized carbons (Fsp3) is 0.190. The second-order valence-corrected chi connectivity index (χ2v) is 6.12. The second-order valence-electron chi connectivity index (χ2n) is 6.12. The van der Waals surface area contributed by atoms with Crippen molar-refractivity contribution in [3.8, 4) is 11.5 Å². The minimum absolute atomic E-state index is 0.322. The predicted octanol–water partition coefficient (Wildman–Crippen LogP) is 4.04. The van der Waals surface area contributed by atoms with Crippen molar-refractivity contribution in [3.05, 3.63) is 72.2 Å². The van der Waals surface area contributed by atoms with E-state index in [9.17, 15) is 4.79 Å². The summed E-state index contributed by atoms with van der Waals surface area (Å²) in [6, 6.07) is 16.4. The van der Waals surface area contributed by atoms with Gasteiger partial charge in [0.1, 0.15) is 23.6 Å². The molecule has 0 saturated heterocycles. The number of nitrogens with zero attached hydrogens (tertiary/aromatic N) is 3. The van der Waals surface area contributed by atoms with Crippen LogP contribution in [0, 0.1) is 6.92 Å². The normalized spacial score (nSPS) is 10.2. The van der Waals surface area contributed by atoms with E-state index in [-0.39, 0.29) is 6.03 Å². The Kier molecular flexibility index (Phi) is 6.06. The molecule has 0 atom stereocenters. The lowest BCUT2D eigenvalue weighted by molar-refractivity contribution is 0.256. The molecule has 7 nitrogen and oxygen atoms in total. The molecule has 2 amide bonds. The average molecular weight is 378 g/mol. The van der Waals surface area contributed by atoms with Crippen LogP contribution in [0.15, 0.2) is 60.9 Å². The Bertz CT molecular complexity index is 925. The zero-order valence-electron chi connectivity index (χ0n) is 16.0. The van der Waals surface area contributed by atoms with E-state index in [1.807, 2.05) is 37.3 Å². The highest BCUT2D eigenvalue weighted by atomic mass is 16.5. The third-order valence-corrected chi connectivity index (χ3v) is 4.10. The van der Waals surface area contributed by atoms with Gasteiger partial charge in [-0.15, -0.1) is 0 Å². The first-order valence-corrected chi connectivity index (χ1v) is 8.73. The number of rotatable bonds is 6. The highest BCUT2D eigenvalue weighted by Gasteiger charge is 2.19. The fourth-order valence-electron chi connectivity index (χ4n) is 2.68. The lowest BCUT2D eigenvalue weighted by Gasteiger charge is -2.23. The van der Waals surface area contributed by atoms with Gasteiger partial charge in [0.15, 0.2) is 0 Å². The lowest BCUT2D eigenvalue weighted by Crippen LogP contribution is -2.35. The summed E-state index contributed by atoms with van der Waals surface area (Å²) in [5, 5.41) is 2.90. The number of ether oxygens (including phenoxy) is 2. The molecule has 0 radical (unpaired) electrons. The van der Waals surface area contributed by atoms with Crippen LogP contribution in [0.1, 0.15) is 11.3 Å². The average Bonchev–Trinajstić information content (AvgIpc) is 2.72. The third kappa shape index (κ3) is 4.76. The van der Waals surface area contributed by atoms with Gasteiger partial charge < -0.3 is 14.8 Å². The number of aryl methyl sites for hydroxylation is 1. The maximum Gasteiger partial charge on any atom is 0.327 e. The van der Waals surface area contributed by atoms with Crippen LogP contribution in [0.25, 0.3) is 0 Å². The van der Waals surface area contributed by atoms with E-state index in [1.54, 1.807) is 43.4 Å². The van der Waals surface area contributed by atoms with Crippen LogP contribution in [-0.4, -0.2) is 30.2 Å². The third-order valence-electron chi connectivity index (χ3n) is 4.10. The van der Waals surface area contributed by atoms with Gasteiger partial charge in [-0.2, -0.15) is 0 Å². The van der Waals surface area contributed by atoms with Gasteiger partial charge in [-0.05, 0) is 12.5 Å². The molecule has 7 heteroatoms. The van der Waals surface area contributed by atoms with Crippen molar-refractivity contribution in [3.63, 3.8) is 0 Å². The minimum atomic E-state index is -0.322. The Morgan fingerprint density at radius 1 is 1.00 bits per heavy atom. The summed E-state index contributed by atoms with van der Waals surface area (Å²) in [4.78, 5) is 23.1. The van der Waals surface area contributed by atoms with E-state index < -0.39 is 0 Å². The quantitative estimate of drug-likeness (QED) is 0.700. The zero-order valence-corrected chi connectivity index (χ0v) is 16.0. The van der Waals surface area contributed by atoms with Crippen molar-refractivity contribution in [1.82, 2.24) is 9.97 Å². The maximum atomic E-state index is 13.1. The van der Waals surface area contributed by atoms with Gasteiger partial charge in [-0.1, -0.05) is 30.3 Å². The summed E-state index contributed by atoms with van der Waals surface area (Å²) in [7, 11) is 3.12. The summed E-state index contributed by atoms with van der Waals surface area (Å²) >= 11 is 0. The molecule has 0 unspecified atom stereocenters. The van der Waals surface area contributed by atoms with Crippen molar-refractivity contribution in [2.75, 3.05) is 24.4 Å². The molecule has 0 spiro atoms. The van der Waals surface area contributed by atoms with Crippen LogP contribution < -0.4 is 19.7 Å². The van der Waals surface area contributed by atoms with E-state index in [0.29, 0.717) is 29.5 Å². The largest absolute Gasteiger partial charge is 0.497 e. The topological polar surface area (TPSA) is 76.6 Å². The Labute approximate surface area is 164 Å². The van der Waals surface area contributed by atoms with Crippen LogP contribution in [0.2, 0.25) is 0 Å². The summed E-state index contributed by atoms with van der Waals surface area (Å²) < 4.78 is 10.5. The van der Waals surface area contributed by atoms with Gasteiger partial charge in [-0.3, -0.25) is 4.90 Å². The molecule has 0 fully saturated rings. The lowest BCUT2D eigenvalue weighted by atomic mass is 10.2. The van der Waals surface area contributed by atoms with Crippen LogP contribution in [-0.2, 0) is 6.54 Å². The number of amides is 2. The number of hydrogen-bond donors (Lipinski definition) is 1. The first-order chi connectivity index (χ1) is 13.6. The molecule has 3 rings (SSSR count). The monoisotopic (exact) mass is 378 g/mol. The summed E-state index contributed by atoms with van der Waals surface area (Å²) in [6.45, 7) is 2.22. The Morgan fingerprint density at radius 2 is 1.68 bits per heavy atom. The van der Waals surface area contributed by atoms with Gasteiger partial charge >= 0.3 is 6.03 Å². The molecule has 1 aromatic heterocycles. The molecule has 0 aliphatic rings. The van der Waals surface area contributed by atoms with E-state index >= 15 is 0 Å². The molecule has 28 heavy (non-hydrogen) atoms. The Balaban J connectivity index is 1.90. The zero-order chi connectivity index (χ0) is 19.9. The molecule has 0 aliphatic heterocycles. The molecular formula is C21H22N4O3.